The molecule has 1 aliphatic heterocycles. The lowest BCUT2D eigenvalue weighted by Crippen LogP contribution is -2.42. The van der Waals surface area contributed by atoms with E-state index >= 15 is 0 Å². The SMILES string of the molecule is CN=C(NCCCCN1CCCC1)NCC(C)Oc1cccc(C)c1.I. The molecule has 2 N–H and O–H groups in total. The largest absolute Gasteiger partial charge is 0.489 e. The summed E-state index contributed by atoms with van der Waals surface area (Å²) >= 11 is 0. The van der Waals surface area contributed by atoms with Gasteiger partial charge >= 0.3 is 0 Å². The topological polar surface area (TPSA) is 48.9 Å². The Morgan fingerprint density at radius 1 is 1.23 bits per heavy atom. The lowest BCUT2D eigenvalue weighted by Gasteiger charge is -2.18. The molecule has 148 valence electrons. The summed E-state index contributed by atoms with van der Waals surface area (Å²) in [7, 11) is 1.81. The molecule has 0 bridgehead atoms. The fraction of sp³-hybridized carbons (Fsp3) is 0.650. The fourth-order valence-corrected chi connectivity index (χ4v) is 3.10. The second kappa shape index (κ2) is 13.2. The summed E-state index contributed by atoms with van der Waals surface area (Å²) in [6.07, 6.45) is 5.24. The van der Waals surface area contributed by atoms with Crippen LogP contribution in [0.1, 0.15) is 38.2 Å². The molecule has 26 heavy (non-hydrogen) atoms. The Hall–Kier alpha value is -1.02. The molecule has 6 heteroatoms. The highest BCUT2D eigenvalue weighted by Crippen LogP contribution is 2.13. The lowest BCUT2D eigenvalue weighted by atomic mass is 10.2. The molecule has 0 aliphatic carbocycles. The summed E-state index contributed by atoms with van der Waals surface area (Å²) in [5.74, 6) is 1.76. The van der Waals surface area contributed by atoms with E-state index in [0.29, 0.717) is 0 Å². The Balaban J connectivity index is 0.00000338. The van der Waals surface area contributed by atoms with Gasteiger partial charge in [-0.3, -0.25) is 4.99 Å². The van der Waals surface area contributed by atoms with Gasteiger partial charge in [0.05, 0.1) is 6.54 Å². The molecule has 1 fully saturated rings. The molecule has 1 aromatic carbocycles. The summed E-state index contributed by atoms with van der Waals surface area (Å²) in [5, 5.41) is 6.73. The van der Waals surface area contributed by atoms with Gasteiger partial charge in [-0.1, -0.05) is 12.1 Å². The number of unbranched alkanes of at least 4 members (excludes halogenated alkanes) is 1. The minimum absolute atomic E-state index is 0. The summed E-state index contributed by atoms with van der Waals surface area (Å²) < 4.78 is 5.94. The van der Waals surface area contributed by atoms with E-state index < -0.39 is 0 Å². The minimum Gasteiger partial charge on any atom is -0.489 e. The maximum Gasteiger partial charge on any atom is 0.191 e. The van der Waals surface area contributed by atoms with Crippen LogP contribution < -0.4 is 15.4 Å². The molecule has 0 saturated carbocycles. The molecule has 1 heterocycles. The van der Waals surface area contributed by atoms with E-state index in [4.69, 9.17) is 4.74 Å². The van der Waals surface area contributed by atoms with Crippen molar-refractivity contribution in [2.75, 3.05) is 39.8 Å². The number of hydrogen-bond acceptors (Lipinski definition) is 3. The van der Waals surface area contributed by atoms with Crippen molar-refractivity contribution < 1.29 is 4.74 Å². The van der Waals surface area contributed by atoms with Gasteiger partial charge in [0, 0.05) is 13.6 Å². The molecular weight excluding hydrogens is 439 g/mol. The highest BCUT2D eigenvalue weighted by molar-refractivity contribution is 14.0. The first-order chi connectivity index (χ1) is 12.2. The quantitative estimate of drug-likeness (QED) is 0.249. The van der Waals surface area contributed by atoms with Gasteiger partial charge < -0.3 is 20.3 Å². The number of aryl methyl sites for hydroxylation is 1. The molecule has 0 amide bonds. The number of ether oxygens (including phenoxy) is 1. The van der Waals surface area contributed by atoms with Gasteiger partial charge in [0.2, 0.25) is 0 Å². The van der Waals surface area contributed by atoms with E-state index in [1.807, 2.05) is 19.2 Å². The normalized spacial score (nSPS) is 16.0. The number of aliphatic imine (C=N–C) groups is 1. The fourth-order valence-electron chi connectivity index (χ4n) is 3.10. The van der Waals surface area contributed by atoms with Gasteiger partial charge in [-0.15, -0.1) is 24.0 Å². The van der Waals surface area contributed by atoms with E-state index in [9.17, 15) is 0 Å². The van der Waals surface area contributed by atoms with Gasteiger partial charge in [-0.25, -0.2) is 0 Å². The van der Waals surface area contributed by atoms with Crippen molar-refractivity contribution in [1.82, 2.24) is 15.5 Å². The Morgan fingerprint density at radius 2 is 2.00 bits per heavy atom. The second-order valence-corrected chi connectivity index (χ2v) is 6.88. The van der Waals surface area contributed by atoms with E-state index in [2.05, 4.69) is 46.5 Å². The maximum atomic E-state index is 5.94. The van der Waals surface area contributed by atoms with Crippen molar-refractivity contribution in [3.63, 3.8) is 0 Å². The molecule has 5 nitrogen and oxygen atoms in total. The van der Waals surface area contributed by atoms with Gasteiger partial charge in [-0.05, 0) is 76.9 Å². The van der Waals surface area contributed by atoms with Crippen LogP contribution >= 0.6 is 24.0 Å². The summed E-state index contributed by atoms with van der Waals surface area (Å²) in [6.45, 7) is 9.63. The van der Waals surface area contributed by atoms with Crippen LogP contribution in [-0.4, -0.2) is 56.7 Å². The van der Waals surface area contributed by atoms with Crippen LogP contribution in [0.4, 0.5) is 0 Å². The van der Waals surface area contributed by atoms with Crippen molar-refractivity contribution in [3.8, 4) is 5.75 Å². The third kappa shape index (κ3) is 9.07. The number of nitrogens with zero attached hydrogens (tertiary/aromatic N) is 2. The van der Waals surface area contributed by atoms with Crippen LogP contribution in [0.3, 0.4) is 0 Å². The van der Waals surface area contributed by atoms with E-state index in [0.717, 1.165) is 24.8 Å². The Kier molecular flexibility index (Phi) is 11.7. The molecular formula is C20H35IN4O. The van der Waals surface area contributed by atoms with Gasteiger partial charge in [-0.2, -0.15) is 0 Å². The molecule has 1 aromatic rings. The average molecular weight is 474 g/mol. The monoisotopic (exact) mass is 474 g/mol. The smallest absolute Gasteiger partial charge is 0.191 e. The van der Waals surface area contributed by atoms with Crippen LogP contribution in [0.5, 0.6) is 5.75 Å². The van der Waals surface area contributed by atoms with Crippen molar-refractivity contribution in [3.05, 3.63) is 29.8 Å². The average Bonchev–Trinajstić information content (AvgIpc) is 3.10. The predicted molar refractivity (Wildman–Crippen MR) is 121 cm³/mol. The number of benzene rings is 1. The first-order valence-electron chi connectivity index (χ1n) is 9.57. The molecule has 1 atom stereocenters. The lowest BCUT2D eigenvalue weighted by molar-refractivity contribution is 0.223. The zero-order valence-electron chi connectivity index (χ0n) is 16.5. The Bertz CT molecular complexity index is 532. The highest BCUT2D eigenvalue weighted by atomic mass is 127. The first-order valence-corrected chi connectivity index (χ1v) is 9.57. The zero-order chi connectivity index (χ0) is 17.9. The van der Waals surface area contributed by atoms with Crippen molar-refractivity contribution in [2.45, 2.75) is 45.6 Å². The highest BCUT2D eigenvalue weighted by Gasteiger charge is 2.10. The third-order valence-corrected chi connectivity index (χ3v) is 4.50. The number of nitrogens with one attached hydrogen (secondary N) is 2. The number of halogens is 1. The Labute approximate surface area is 176 Å². The molecule has 0 aromatic heterocycles. The molecule has 2 rings (SSSR count). The van der Waals surface area contributed by atoms with Crippen LogP contribution in [-0.2, 0) is 0 Å². The van der Waals surface area contributed by atoms with Crippen molar-refractivity contribution >= 4 is 29.9 Å². The van der Waals surface area contributed by atoms with Gasteiger partial charge in [0.25, 0.3) is 0 Å². The molecule has 1 aliphatic rings. The maximum absolute atomic E-state index is 5.94. The third-order valence-electron chi connectivity index (χ3n) is 4.50. The van der Waals surface area contributed by atoms with Crippen LogP contribution in [0.25, 0.3) is 0 Å². The van der Waals surface area contributed by atoms with E-state index in [-0.39, 0.29) is 30.1 Å². The molecule has 1 saturated heterocycles. The van der Waals surface area contributed by atoms with Crippen LogP contribution in [0.15, 0.2) is 29.3 Å². The number of likely N-dealkylation sites (tertiary alicyclic amines) is 1. The predicted octanol–water partition coefficient (Wildman–Crippen LogP) is 3.42. The molecule has 0 radical (unpaired) electrons. The van der Waals surface area contributed by atoms with Crippen molar-refractivity contribution in [2.24, 2.45) is 4.99 Å². The van der Waals surface area contributed by atoms with Crippen LogP contribution in [0.2, 0.25) is 0 Å². The first kappa shape index (κ1) is 23.0. The summed E-state index contributed by atoms with van der Waals surface area (Å²) in [6, 6.07) is 8.15. The molecule has 1 unspecified atom stereocenters. The second-order valence-electron chi connectivity index (χ2n) is 6.88. The zero-order valence-corrected chi connectivity index (χ0v) is 18.8. The standard InChI is InChI=1S/C20H34N4O.HI/c1-17-9-8-10-19(15-17)25-18(2)16-23-20(21-3)22-11-4-5-12-24-13-6-7-14-24;/h8-10,15,18H,4-7,11-14,16H2,1-3H3,(H2,21,22,23);1H. The molecule has 0 spiro atoms. The minimum atomic E-state index is 0. The van der Waals surface area contributed by atoms with E-state index in [1.165, 1.54) is 50.9 Å². The van der Waals surface area contributed by atoms with Crippen LogP contribution in [0, 0.1) is 6.92 Å². The number of hydrogen-bond donors (Lipinski definition) is 2. The van der Waals surface area contributed by atoms with Gasteiger partial charge in [0.15, 0.2) is 5.96 Å². The van der Waals surface area contributed by atoms with Crippen molar-refractivity contribution in [1.29, 1.82) is 0 Å². The van der Waals surface area contributed by atoms with Gasteiger partial charge in [0.1, 0.15) is 11.9 Å². The summed E-state index contributed by atoms with van der Waals surface area (Å²) in [5.41, 5.74) is 1.21. The number of rotatable bonds is 9. The van der Waals surface area contributed by atoms with E-state index in [1.54, 1.807) is 0 Å². The summed E-state index contributed by atoms with van der Waals surface area (Å²) in [4.78, 5) is 6.85. The number of guanidine groups is 1. The Morgan fingerprint density at radius 3 is 2.69 bits per heavy atom.